The van der Waals surface area contributed by atoms with Crippen LogP contribution in [0, 0.1) is 0 Å². The molecule has 0 unspecified atom stereocenters. The first kappa shape index (κ1) is 17.0. The number of carbonyl (C=O) groups is 1. The Bertz CT molecular complexity index is 858. The van der Waals surface area contributed by atoms with Gasteiger partial charge in [-0.3, -0.25) is 4.79 Å². The number of thiazole rings is 1. The molecular weight excluding hydrogens is 338 g/mol. The number of benzene rings is 2. The zero-order valence-corrected chi connectivity index (χ0v) is 14.5. The Hall–Kier alpha value is -2.86. The van der Waals surface area contributed by atoms with Gasteiger partial charge in [0.05, 0.1) is 19.2 Å². The molecule has 2 aromatic carbocycles. The topological polar surface area (TPSA) is 68.7 Å². The van der Waals surface area contributed by atoms with Crippen LogP contribution in [0.4, 0.5) is 0 Å². The molecule has 1 aromatic heterocycles. The fourth-order valence-electron chi connectivity index (χ4n) is 2.28. The number of rotatable bonds is 7. The van der Waals surface area contributed by atoms with Gasteiger partial charge in [-0.15, -0.1) is 11.3 Å². The fourth-order valence-corrected chi connectivity index (χ4v) is 3.10. The minimum Gasteiger partial charge on any atom is -0.497 e. The first-order valence-electron chi connectivity index (χ1n) is 7.66. The van der Waals surface area contributed by atoms with Gasteiger partial charge in [0.25, 0.3) is 0 Å². The zero-order valence-electron chi connectivity index (χ0n) is 13.6. The van der Waals surface area contributed by atoms with Crippen LogP contribution >= 0.6 is 11.3 Å². The molecule has 0 atom stereocenters. The van der Waals surface area contributed by atoms with Crippen molar-refractivity contribution in [1.29, 1.82) is 0 Å². The average Bonchev–Trinajstić information content (AvgIpc) is 3.08. The number of nitrogens with zero attached hydrogens (tertiary/aromatic N) is 1. The Labute approximate surface area is 149 Å². The predicted octanol–water partition coefficient (Wildman–Crippen LogP) is 4.02. The van der Waals surface area contributed by atoms with Gasteiger partial charge in [0, 0.05) is 17.0 Å². The van der Waals surface area contributed by atoms with E-state index in [-0.39, 0.29) is 6.42 Å². The highest BCUT2D eigenvalue weighted by Crippen LogP contribution is 2.25. The van der Waals surface area contributed by atoms with E-state index in [1.165, 1.54) is 11.3 Å². The summed E-state index contributed by atoms with van der Waals surface area (Å²) < 4.78 is 10.9. The van der Waals surface area contributed by atoms with Gasteiger partial charge in [-0.05, 0) is 17.7 Å². The molecule has 1 heterocycles. The molecule has 0 fully saturated rings. The van der Waals surface area contributed by atoms with Crippen molar-refractivity contribution in [3.8, 4) is 22.1 Å². The zero-order chi connectivity index (χ0) is 17.6. The molecule has 1 N–H and O–H groups in total. The van der Waals surface area contributed by atoms with E-state index in [0.29, 0.717) is 12.3 Å². The highest BCUT2D eigenvalue weighted by Gasteiger charge is 2.08. The Morgan fingerprint density at radius 2 is 1.92 bits per heavy atom. The van der Waals surface area contributed by atoms with E-state index in [9.17, 15) is 4.79 Å². The Kier molecular flexibility index (Phi) is 5.30. The van der Waals surface area contributed by atoms with E-state index in [1.807, 2.05) is 48.5 Å². The normalized spacial score (nSPS) is 10.4. The maximum absolute atomic E-state index is 10.7. The molecule has 0 saturated carbocycles. The first-order valence-corrected chi connectivity index (χ1v) is 8.54. The van der Waals surface area contributed by atoms with E-state index in [1.54, 1.807) is 12.5 Å². The number of carboxylic acids is 1. The highest BCUT2D eigenvalue weighted by atomic mass is 32.1. The quantitative estimate of drug-likeness (QED) is 0.693. The summed E-state index contributed by atoms with van der Waals surface area (Å²) in [5, 5.41) is 11.4. The fraction of sp³-hybridized carbons (Fsp3) is 0.158. The van der Waals surface area contributed by atoms with Gasteiger partial charge >= 0.3 is 5.97 Å². The van der Waals surface area contributed by atoms with Crippen LogP contribution in [0.15, 0.2) is 53.9 Å². The molecular formula is C19H17NO4S. The van der Waals surface area contributed by atoms with Crippen LogP contribution in [0.1, 0.15) is 11.3 Å². The van der Waals surface area contributed by atoms with Crippen molar-refractivity contribution in [3.05, 3.63) is 65.2 Å². The highest BCUT2D eigenvalue weighted by molar-refractivity contribution is 7.13. The lowest BCUT2D eigenvalue weighted by Gasteiger charge is -2.08. The summed E-state index contributed by atoms with van der Waals surface area (Å²) in [4.78, 5) is 15.1. The lowest BCUT2D eigenvalue weighted by Crippen LogP contribution is -1.99. The molecule has 0 aliphatic carbocycles. The molecule has 0 bridgehead atoms. The van der Waals surface area contributed by atoms with E-state index < -0.39 is 5.97 Å². The number of hydrogen-bond acceptors (Lipinski definition) is 5. The number of aromatic nitrogens is 1. The van der Waals surface area contributed by atoms with E-state index in [2.05, 4.69) is 4.98 Å². The molecule has 6 heteroatoms. The summed E-state index contributed by atoms with van der Waals surface area (Å²) in [5.41, 5.74) is 2.58. The Morgan fingerprint density at radius 1 is 1.16 bits per heavy atom. The van der Waals surface area contributed by atoms with Gasteiger partial charge in [-0.1, -0.05) is 30.3 Å². The molecule has 3 aromatic rings. The predicted molar refractivity (Wildman–Crippen MR) is 96.2 cm³/mol. The van der Waals surface area contributed by atoms with Crippen molar-refractivity contribution in [2.24, 2.45) is 0 Å². The van der Waals surface area contributed by atoms with Gasteiger partial charge in [-0.2, -0.15) is 0 Å². The summed E-state index contributed by atoms with van der Waals surface area (Å²) in [6.45, 7) is 0.454. The number of hydrogen-bond donors (Lipinski definition) is 1. The number of methoxy groups -OCH3 is 1. The number of carboxylic acid groups (broad SMARTS) is 1. The van der Waals surface area contributed by atoms with E-state index >= 15 is 0 Å². The van der Waals surface area contributed by atoms with Crippen LogP contribution in [0.5, 0.6) is 11.5 Å². The van der Waals surface area contributed by atoms with E-state index in [0.717, 1.165) is 27.6 Å². The second-order valence-corrected chi connectivity index (χ2v) is 6.24. The van der Waals surface area contributed by atoms with Crippen LogP contribution < -0.4 is 9.47 Å². The second kappa shape index (κ2) is 7.81. The minimum absolute atomic E-state index is 0.0526. The van der Waals surface area contributed by atoms with Crippen LogP contribution in [0.2, 0.25) is 0 Å². The van der Waals surface area contributed by atoms with Gasteiger partial charge in [0.1, 0.15) is 23.1 Å². The van der Waals surface area contributed by atoms with Gasteiger partial charge in [-0.25, -0.2) is 4.98 Å². The largest absolute Gasteiger partial charge is 0.497 e. The standard InChI is InChI=1S/C19H17NO4S/c1-23-16-3-2-4-17(10-16)24-11-13-5-7-14(8-6-13)19-20-15(12-25-19)9-18(21)22/h2-8,10,12H,9,11H2,1H3,(H,21,22). The lowest BCUT2D eigenvalue weighted by molar-refractivity contribution is -0.136. The van der Waals surface area contributed by atoms with Crippen LogP contribution in [-0.4, -0.2) is 23.2 Å². The number of ether oxygens (including phenoxy) is 2. The molecule has 0 spiro atoms. The Morgan fingerprint density at radius 3 is 2.64 bits per heavy atom. The monoisotopic (exact) mass is 355 g/mol. The van der Waals surface area contributed by atoms with Crippen molar-refractivity contribution in [2.75, 3.05) is 7.11 Å². The smallest absolute Gasteiger partial charge is 0.309 e. The SMILES string of the molecule is COc1cccc(OCc2ccc(-c3nc(CC(=O)O)cs3)cc2)c1. The summed E-state index contributed by atoms with van der Waals surface area (Å²) in [6, 6.07) is 15.4. The maximum Gasteiger partial charge on any atom is 0.309 e. The molecule has 0 saturated heterocycles. The van der Waals surface area contributed by atoms with Crippen molar-refractivity contribution in [1.82, 2.24) is 4.98 Å². The molecule has 5 nitrogen and oxygen atoms in total. The summed E-state index contributed by atoms with van der Waals surface area (Å²) >= 11 is 1.45. The van der Waals surface area contributed by atoms with Gasteiger partial charge in [0.15, 0.2) is 0 Å². The van der Waals surface area contributed by atoms with Crippen LogP contribution in [0.3, 0.4) is 0 Å². The van der Waals surface area contributed by atoms with Crippen molar-refractivity contribution < 1.29 is 19.4 Å². The van der Waals surface area contributed by atoms with Gasteiger partial charge < -0.3 is 14.6 Å². The molecule has 128 valence electrons. The molecule has 0 aliphatic rings. The first-order chi connectivity index (χ1) is 12.1. The number of aliphatic carboxylic acids is 1. The summed E-state index contributed by atoms with van der Waals surface area (Å²) in [7, 11) is 1.62. The third kappa shape index (κ3) is 4.58. The average molecular weight is 355 g/mol. The third-order valence-electron chi connectivity index (χ3n) is 3.53. The lowest BCUT2D eigenvalue weighted by atomic mass is 10.1. The Balaban J connectivity index is 1.63. The molecule has 25 heavy (non-hydrogen) atoms. The van der Waals surface area contributed by atoms with Crippen LogP contribution in [0.25, 0.3) is 10.6 Å². The van der Waals surface area contributed by atoms with Gasteiger partial charge in [0.2, 0.25) is 0 Å². The minimum atomic E-state index is -0.873. The molecule has 0 aliphatic heterocycles. The van der Waals surface area contributed by atoms with Crippen molar-refractivity contribution in [2.45, 2.75) is 13.0 Å². The maximum atomic E-state index is 10.7. The van der Waals surface area contributed by atoms with E-state index in [4.69, 9.17) is 14.6 Å². The molecule has 3 rings (SSSR count). The van der Waals surface area contributed by atoms with Crippen LogP contribution in [-0.2, 0) is 17.8 Å². The van der Waals surface area contributed by atoms with Crippen molar-refractivity contribution >= 4 is 17.3 Å². The molecule has 0 amide bonds. The van der Waals surface area contributed by atoms with Crippen molar-refractivity contribution in [3.63, 3.8) is 0 Å². The second-order valence-electron chi connectivity index (χ2n) is 5.38. The summed E-state index contributed by atoms with van der Waals surface area (Å²) in [5.74, 6) is 0.636. The summed E-state index contributed by atoms with van der Waals surface area (Å²) in [6.07, 6.45) is -0.0526. The molecule has 0 radical (unpaired) electrons. The third-order valence-corrected chi connectivity index (χ3v) is 4.47.